The number of terminal acetylenes is 1. The topological polar surface area (TPSA) is 51.2 Å². The lowest BCUT2D eigenvalue weighted by Crippen LogP contribution is -2.29. The van der Waals surface area contributed by atoms with Gasteiger partial charge in [-0.15, -0.1) is 6.42 Å². The fourth-order valence-electron chi connectivity index (χ4n) is 2.02. The Morgan fingerprint density at radius 1 is 1.43 bits per heavy atom. The molecular weight excluding hydrogens is 264 g/mol. The molecule has 0 spiro atoms. The lowest BCUT2D eigenvalue weighted by atomic mass is 10.1. The first-order chi connectivity index (χ1) is 10.1. The summed E-state index contributed by atoms with van der Waals surface area (Å²) < 4.78 is 5.54. The molecule has 1 amide bonds. The molecule has 2 aromatic rings. The Morgan fingerprint density at radius 3 is 2.95 bits per heavy atom. The predicted octanol–water partition coefficient (Wildman–Crippen LogP) is 2.43. The Bertz CT molecular complexity index is 702. The third-order valence-electron chi connectivity index (χ3n) is 3.06. The van der Waals surface area contributed by atoms with Crippen molar-refractivity contribution >= 4 is 16.8 Å². The highest BCUT2D eigenvalue weighted by Gasteiger charge is 2.06. The van der Waals surface area contributed by atoms with Gasteiger partial charge in [-0.2, -0.15) is 0 Å². The van der Waals surface area contributed by atoms with Gasteiger partial charge in [-0.3, -0.25) is 9.78 Å². The highest BCUT2D eigenvalue weighted by molar-refractivity contribution is 5.84. The van der Waals surface area contributed by atoms with Gasteiger partial charge >= 0.3 is 0 Å². The van der Waals surface area contributed by atoms with Crippen LogP contribution in [-0.2, 0) is 4.79 Å². The number of carbonyl (C=O) groups is 1. The molecule has 0 saturated carbocycles. The van der Waals surface area contributed by atoms with Crippen molar-refractivity contribution in [3.63, 3.8) is 0 Å². The van der Waals surface area contributed by atoms with Gasteiger partial charge in [-0.25, -0.2) is 0 Å². The number of amides is 1. The lowest BCUT2D eigenvalue weighted by molar-refractivity contribution is -0.123. The second-order valence-electron chi connectivity index (χ2n) is 4.82. The monoisotopic (exact) mass is 282 g/mol. The largest absolute Gasteiger partial charge is 0.484 e. The van der Waals surface area contributed by atoms with Gasteiger partial charge in [-0.05, 0) is 37.1 Å². The Kier molecular flexibility index (Phi) is 4.78. The van der Waals surface area contributed by atoms with Crippen molar-refractivity contribution in [1.29, 1.82) is 0 Å². The van der Waals surface area contributed by atoms with E-state index in [4.69, 9.17) is 11.2 Å². The highest BCUT2D eigenvalue weighted by Crippen LogP contribution is 2.24. The minimum absolute atomic E-state index is 0.00715. The van der Waals surface area contributed by atoms with Gasteiger partial charge in [0, 0.05) is 23.7 Å². The van der Waals surface area contributed by atoms with Crippen LogP contribution in [0.1, 0.15) is 24.5 Å². The number of rotatable bonds is 5. The van der Waals surface area contributed by atoms with Crippen LogP contribution in [0.25, 0.3) is 10.9 Å². The van der Waals surface area contributed by atoms with Gasteiger partial charge in [-0.1, -0.05) is 12.8 Å². The summed E-state index contributed by atoms with van der Waals surface area (Å²) in [4.78, 5) is 15.9. The van der Waals surface area contributed by atoms with Crippen LogP contribution in [0.15, 0.2) is 24.4 Å². The quantitative estimate of drug-likeness (QED) is 0.857. The summed E-state index contributed by atoms with van der Waals surface area (Å²) in [5.74, 6) is 3.09. The Morgan fingerprint density at radius 2 is 2.24 bits per heavy atom. The van der Waals surface area contributed by atoms with Crippen molar-refractivity contribution in [2.45, 2.75) is 20.3 Å². The van der Waals surface area contributed by atoms with Gasteiger partial charge in [0.25, 0.3) is 5.91 Å². The van der Waals surface area contributed by atoms with Crippen molar-refractivity contribution in [3.8, 4) is 18.1 Å². The SMILES string of the molecule is C#Cc1cnc2c(C)cc(OCC(=O)NCCC)cc2c1. The molecule has 0 bridgehead atoms. The molecule has 108 valence electrons. The first-order valence-electron chi connectivity index (χ1n) is 6.90. The summed E-state index contributed by atoms with van der Waals surface area (Å²) in [5, 5.41) is 3.68. The first kappa shape index (κ1) is 14.9. The maximum atomic E-state index is 11.5. The molecule has 0 saturated heterocycles. The fraction of sp³-hybridized carbons (Fsp3) is 0.294. The van der Waals surface area contributed by atoms with Gasteiger partial charge in [0.05, 0.1) is 5.52 Å². The van der Waals surface area contributed by atoms with Gasteiger partial charge < -0.3 is 10.1 Å². The number of carbonyl (C=O) groups excluding carboxylic acids is 1. The van der Waals surface area contributed by atoms with E-state index in [1.165, 1.54) is 0 Å². The van der Waals surface area contributed by atoms with Crippen molar-refractivity contribution in [3.05, 3.63) is 35.5 Å². The average molecular weight is 282 g/mol. The third-order valence-corrected chi connectivity index (χ3v) is 3.06. The lowest BCUT2D eigenvalue weighted by Gasteiger charge is -2.09. The number of nitrogens with zero attached hydrogens (tertiary/aromatic N) is 1. The summed E-state index contributed by atoms with van der Waals surface area (Å²) in [6.45, 7) is 4.63. The molecule has 0 radical (unpaired) electrons. The number of hydrogen-bond acceptors (Lipinski definition) is 3. The molecule has 1 aromatic heterocycles. The summed E-state index contributed by atoms with van der Waals surface area (Å²) in [6.07, 6.45) is 7.97. The zero-order chi connectivity index (χ0) is 15.2. The summed E-state index contributed by atoms with van der Waals surface area (Å²) >= 11 is 0. The summed E-state index contributed by atoms with van der Waals surface area (Å²) in [7, 11) is 0. The number of hydrogen-bond donors (Lipinski definition) is 1. The van der Waals surface area contributed by atoms with Crippen LogP contribution in [0.2, 0.25) is 0 Å². The second kappa shape index (κ2) is 6.76. The van der Waals surface area contributed by atoms with Crippen LogP contribution in [-0.4, -0.2) is 24.0 Å². The number of ether oxygens (including phenoxy) is 1. The first-order valence-corrected chi connectivity index (χ1v) is 6.90. The van der Waals surface area contributed by atoms with Crippen molar-refractivity contribution in [1.82, 2.24) is 10.3 Å². The van der Waals surface area contributed by atoms with E-state index in [1.807, 2.05) is 32.0 Å². The van der Waals surface area contributed by atoms with Gasteiger partial charge in [0.2, 0.25) is 0 Å². The van der Waals surface area contributed by atoms with E-state index in [0.29, 0.717) is 12.3 Å². The molecule has 0 aliphatic carbocycles. The molecule has 0 unspecified atom stereocenters. The Labute approximate surface area is 124 Å². The molecule has 0 aliphatic heterocycles. The average Bonchev–Trinajstić information content (AvgIpc) is 2.50. The molecule has 0 atom stereocenters. The molecule has 4 heteroatoms. The number of pyridine rings is 1. The predicted molar refractivity (Wildman–Crippen MR) is 83.2 cm³/mol. The number of aromatic nitrogens is 1. The zero-order valence-corrected chi connectivity index (χ0v) is 12.3. The third kappa shape index (κ3) is 3.73. The smallest absolute Gasteiger partial charge is 0.257 e. The molecule has 1 N–H and O–H groups in total. The summed E-state index contributed by atoms with van der Waals surface area (Å²) in [5.41, 5.74) is 2.59. The van der Waals surface area contributed by atoms with Crippen molar-refractivity contribution in [2.75, 3.05) is 13.2 Å². The van der Waals surface area contributed by atoms with Crippen LogP contribution >= 0.6 is 0 Å². The number of aryl methyl sites for hydroxylation is 1. The van der Waals surface area contributed by atoms with Crippen LogP contribution in [0.4, 0.5) is 0 Å². The van der Waals surface area contributed by atoms with Gasteiger partial charge in [0.1, 0.15) is 5.75 Å². The van der Waals surface area contributed by atoms with E-state index in [1.54, 1.807) is 6.20 Å². The molecule has 1 aromatic carbocycles. The minimum atomic E-state index is -0.120. The number of nitrogens with one attached hydrogen (secondary N) is 1. The highest BCUT2D eigenvalue weighted by atomic mass is 16.5. The molecule has 2 rings (SSSR count). The molecule has 1 heterocycles. The Hall–Kier alpha value is -2.54. The van der Waals surface area contributed by atoms with Crippen LogP contribution in [0.3, 0.4) is 0 Å². The maximum Gasteiger partial charge on any atom is 0.257 e. The van der Waals surface area contributed by atoms with E-state index in [2.05, 4.69) is 16.2 Å². The number of fused-ring (bicyclic) bond motifs is 1. The molecule has 0 fully saturated rings. The van der Waals surface area contributed by atoms with Crippen molar-refractivity contribution in [2.24, 2.45) is 0 Å². The van der Waals surface area contributed by atoms with E-state index >= 15 is 0 Å². The Balaban J connectivity index is 2.17. The molecular formula is C17H18N2O2. The van der Waals surface area contributed by atoms with E-state index in [0.717, 1.165) is 28.5 Å². The maximum absolute atomic E-state index is 11.5. The van der Waals surface area contributed by atoms with Crippen LogP contribution in [0, 0.1) is 19.3 Å². The van der Waals surface area contributed by atoms with E-state index in [9.17, 15) is 4.79 Å². The minimum Gasteiger partial charge on any atom is -0.484 e. The molecule has 21 heavy (non-hydrogen) atoms. The summed E-state index contributed by atoms with van der Waals surface area (Å²) in [6, 6.07) is 5.61. The van der Waals surface area contributed by atoms with Gasteiger partial charge in [0.15, 0.2) is 6.61 Å². The normalized spacial score (nSPS) is 10.1. The van der Waals surface area contributed by atoms with Crippen LogP contribution < -0.4 is 10.1 Å². The molecule has 0 aliphatic rings. The standard InChI is InChI=1S/C17H18N2O2/c1-4-6-18-16(20)11-21-15-7-12(3)17-14(9-15)8-13(5-2)10-19-17/h2,7-10H,4,6,11H2,1,3H3,(H,18,20). The number of benzene rings is 1. The molecule has 4 nitrogen and oxygen atoms in total. The second-order valence-corrected chi connectivity index (χ2v) is 4.82. The van der Waals surface area contributed by atoms with E-state index in [-0.39, 0.29) is 12.5 Å². The van der Waals surface area contributed by atoms with E-state index < -0.39 is 0 Å². The fourth-order valence-corrected chi connectivity index (χ4v) is 2.02. The van der Waals surface area contributed by atoms with Crippen molar-refractivity contribution < 1.29 is 9.53 Å². The van der Waals surface area contributed by atoms with Crippen LogP contribution in [0.5, 0.6) is 5.75 Å². The zero-order valence-electron chi connectivity index (χ0n) is 12.3.